The second-order valence-electron chi connectivity index (χ2n) is 8.23. The predicted octanol–water partition coefficient (Wildman–Crippen LogP) is 7.10. The van der Waals surface area contributed by atoms with Crippen LogP contribution in [-0.2, 0) is 17.4 Å². The van der Waals surface area contributed by atoms with Gasteiger partial charge in [0.15, 0.2) is 5.69 Å². The highest BCUT2D eigenvalue weighted by Gasteiger charge is 2.30. The minimum Gasteiger partial charge on any atom is -0.344 e. The summed E-state index contributed by atoms with van der Waals surface area (Å²) in [4.78, 5) is 25.0. The van der Waals surface area contributed by atoms with Gasteiger partial charge in [0.2, 0.25) is 0 Å². The third-order valence-electron chi connectivity index (χ3n) is 5.77. The van der Waals surface area contributed by atoms with Gasteiger partial charge in [-0.1, -0.05) is 59.6 Å². The Labute approximate surface area is 220 Å². The summed E-state index contributed by atoms with van der Waals surface area (Å²) in [5.41, 5.74) is 1.70. The number of aromatic nitrogens is 2. The Morgan fingerprint density at radius 3 is 2.27 bits per heavy atom. The molecule has 0 spiro atoms. The molecular formula is C27H20Cl2F3N3O2. The molecule has 3 aromatic carbocycles. The Balaban J connectivity index is 1.77. The molecule has 0 aliphatic carbocycles. The smallest absolute Gasteiger partial charge is 0.344 e. The second kappa shape index (κ2) is 10.8. The number of rotatable bonds is 7. The SMILES string of the molecule is C[C@@H](NC(=O)c1nn(-c2ccccc2Cl)c(-c2ccc(Cl)cc2)c1CC=O)c1ccc(C(F)(F)F)cc1. The van der Waals surface area contributed by atoms with Crippen LogP contribution >= 0.6 is 23.2 Å². The van der Waals surface area contributed by atoms with E-state index >= 15 is 0 Å². The van der Waals surface area contributed by atoms with Gasteiger partial charge in [0.25, 0.3) is 5.91 Å². The van der Waals surface area contributed by atoms with Crippen molar-refractivity contribution in [1.82, 2.24) is 15.1 Å². The fourth-order valence-electron chi connectivity index (χ4n) is 3.92. The number of para-hydroxylation sites is 1. The molecule has 190 valence electrons. The topological polar surface area (TPSA) is 64.0 Å². The maximum atomic E-state index is 13.4. The lowest BCUT2D eigenvalue weighted by Gasteiger charge is -2.15. The first-order valence-corrected chi connectivity index (χ1v) is 11.9. The van der Waals surface area contributed by atoms with Gasteiger partial charge in [0, 0.05) is 22.6 Å². The molecule has 0 radical (unpaired) electrons. The number of carbonyl (C=O) groups is 2. The summed E-state index contributed by atoms with van der Waals surface area (Å²) >= 11 is 12.5. The summed E-state index contributed by atoms with van der Waals surface area (Å²) in [5, 5.41) is 8.19. The fourth-order valence-corrected chi connectivity index (χ4v) is 4.26. The van der Waals surface area contributed by atoms with Crippen molar-refractivity contribution in [2.75, 3.05) is 0 Å². The predicted molar refractivity (Wildman–Crippen MR) is 136 cm³/mol. The molecule has 5 nitrogen and oxygen atoms in total. The summed E-state index contributed by atoms with van der Waals surface area (Å²) in [6.07, 6.45) is -3.90. The summed E-state index contributed by atoms with van der Waals surface area (Å²) in [6.45, 7) is 1.64. The van der Waals surface area contributed by atoms with Crippen molar-refractivity contribution < 1.29 is 22.8 Å². The highest BCUT2D eigenvalue weighted by Crippen LogP contribution is 2.33. The number of amides is 1. The van der Waals surface area contributed by atoms with E-state index in [1.165, 1.54) is 16.8 Å². The van der Waals surface area contributed by atoms with Gasteiger partial charge < -0.3 is 10.1 Å². The number of benzene rings is 3. The third-order valence-corrected chi connectivity index (χ3v) is 6.34. The number of aldehydes is 1. The Kier molecular flexibility index (Phi) is 7.71. The highest BCUT2D eigenvalue weighted by atomic mass is 35.5. The average molecular weight is 546 g/mol. The van der Waals surface area contributed by atoms with Crippen LogP contribution in [-0.4, -0.2) is 22.0 Å². The lowest BCUT2D eigenvalue weighted by molar-refractivity contribution is -0.137. The fraction of sp³-hybridized carbons (Fsp3) is 0.148. The first kappa shape index (κ1) is 26.4. The quantitative estimate of drug-likeness (QED) is 0.252. The molecule has 0 aliphatic rings. The molecule has 1 amide bonds. The van der Waals surface area contributed by atoms with Crippen molar-refractivity contribution in [2.45, 2.75) is 25.6 Å². The van der Waals surface area contributed by atoms with Crippen LogP contribution in [0, 0.1) is 0 Å². The largest absolute Gasteiger partial charge is 0.416 e. The number of hydrogen-bond donors (Lipinski definition) is 1. The van der Waals surface area contributed by atoms with E-state index in [2.05, 4.69) is 10.4 Å². The van der Waals surface area contributed by atoms with Crippen LogP contribution in [0.4, 0.5) is 13.2 Å². The molecule has 0 aliphatic heterocycles. The van der Waals surface area contributed by atoms with Gasteiger partial charge in [-0.3, -0.25) is 4.79 Å². The van der Waals surface area contributed by atoms with Gasteiger partial charge in [-0.05, 0) is 48.9 Å². The van der Waals surface area contributed by atoms with Crippen LogP contribution in [0.25, 0.3) is 16.9 Å². The molecule has 0 fully saturated rings. The molecule has 0 bridgehead atoms. The molecule has 0 saturated heterocycles. The highest BCUT2D eigenvalue weighted by molar-refractivity contribution is 6.32. The normalized spacial score (nSPS) is 12.3. The van der Waals surface area contributed by atoms with Crippen LogP contribution < -0.4 is 5.32 Å². The number of halogens is 5. The van der Waals surface area contributed by atoms with Crippen LogP contribution in [0.3, 0.4) is 0 Å². The molecule has 0 saturated carbocycles. The van der Waals surface area contributed by atoms with E-state index in [0.717, 1.165) is 12.1 Å². The zero-order valence-corrected chi connectivity index (χ0v) is 20.9. The van der Waals surface area contributed by atoms with Crippen molar-refractivity contribution in [3.63, 3.8) is 0 Å². The number of alkyl halides is 3. The Hall–Kier alpha value is -3.62. The van der Waals surface area contributed by atoms with Gasteiger partial charge in [-0.2, -0.15) is 18.3 Å². The molecule has 0 unspecified atom stereocenters. The van der Waals surface area contributed by atoms with E-state index < -0.39 is 23.7 Å². The van der Waals surface area contributed by atoms with Gasteiger partial charge in [-0.15, -0.1) is 0 Å². The van der Waals surface area contributed by atoms with Crippen molar-refractivity contribution in [1.29, 1.82) is 0 Å². The number of hydrogen-bond acceptors (Lipinski definition) is 3. The molecule has 4 rings (SSSR count). The summed E-state index contributed by atoms with van der Waals surface area (Å²) in [6, 6.07) is 17.7. The van der Waals surface area contributed by atoms with Crippen molar-refractivity contribution in [3.05, 3.63) is 105 Å². The van der Waals surface area contributed by atoms with E-state index in [9.17, 15) is 22.8 Å². The molecule has 1 atom stereocenters. The molecule has 4 aromatic rings. The van der Waals surface area contributed by atoms with Crippen molar-refractivity contribution >= 4 is 35.4 Å². The lowest BCUT2D eigenvalue weighted by Crippen LogP contribution is -2.28. The number of nitrogens with one attached hydrogen (secondary N) is 1. The number of nitrogens with zero attached hydrogens (tertiary/aromatic N) is 2. The van der Waals surface area contributed by atoms with E-state index in [4.69, 9.17) is 23.2 Å². The van der Waals surface area contributed by atoms with Crippen LogP contribution in [0.15, 0.2) is 72.8 Å². The second-order valence-corrected chi connectivity index (χ2v) is 9.08. The first-order chi connectivity index (χ1) is 17.6. The minimum atomic E-state index is -4.46. The van der Waals surface area contributed by atoms with E-state index in [1.807, 2.05) is 0 Å². The summed E-state index contributed by atoms with van der Waals surface area (Å²) in [7, 11) is 0. The third kappa shape index (κ3) is 5.70. The Morgan fingerprint density at radius 1 is 1.03 bits per heavy atom. The van der Waals surface area contributed by atoms with Crippen LogP contribution in [0.5, 0.6) is 0 Å². The lowest BCUT2D eigenvalue weighted by atomic mass is 10.0. The number of carbonyl (C=O) groups excluding carboxylic acids is 2. The van der Waals surface area contributed by atoms with Gasteiger partial charge in [0.1, 0.15) is 6.29 Å². The molecule has 37 heavy (non-hydrogen) atoms. The zero-order chi connectivity index (χ0) is 26.7. The maximum absolute atomic E-state index is 13.4. The van der Waals surface area contributed by atoms with Gasteiger partial charge >= 0.3 is 6.18 Å². The van der Waals surface area contributed by atoms with E-state index in [1.54, 1.807) is 55.5 Å². The first-order valence-electron chi connectivity index (χ1n) is 11.1. The van der Waals surface area contributed by atoms with Gasteiger partial charge in [-0.25, -0.2) is 4.68 Å². The standard InChI is InChI=1S/C27H20Cl2F3N3O2/c1-16(17-6-10-19(11-7-17)27(30,31)32)33-26(37)24-21(14-15-36)25(18-8-12-20(28)13-9-18)35(34-24)23-5-3-2-4-22(23)29/h2-13,15-16H,14H2,1H3,(H,33,37)/t16-/m1/s1. The molecule has 1 heterocycles. The van der Waals surface area contributed by atoms with Gasteiger partial charge in [0.05, 0.1) is 28.0 Å². The van der Waals surface area contributed by atoms with E-state index in [0.29, 0.717) is 44.4 Å². The average Bonchev–Trinajstić information content (AvgIpc) is 3.23. The molecule has 1 aromatic heterocycles. The van der Waals surface area contributed by atoms with Crippen LogP contribution in [0.2, 0.25) is 10.0 Å². The maximum Gasteiger partial charge on any atom is 0.416 e. The van der Waals surface area contributed by atoms with E-state index in [-0.39, 0.29) is 12.1 Å². The monoisotopic (exact) mass is 545 g/mol. The van der Waals surface area contributed by atoms with Crippen LogP contribution in [0.1, 0.15) is 40.1 Å². The Bertz CT molecular complexity index is 1430. The summed E-state index contributed by atoms with van der Waals surface area (Å²) in [5.74, 6) is -0.592. The molecule has 10 heteroatoms. The molecular weight excluding hydrogens is 526 g/mol. The van der Waals surface area contributed by atoms with Crippen molar-refractivity contribution in [2.24, 2.45) is 0 Å². The Morgan fingerprint density at radius 2 is 1.68 bits per heavy atom. The van der Waals surface area contributed by atoms with Crippen molar-refractivity contribution in [3.8, 4) is 16.9 Å². The molecule has 1 N–H and O–H groups in total. The zero-order valence-electron chi connectivity index (χ0n) is 19.4. The minimum absolute atomic E-state index is 0.00395. The summed E-state index contributed by atoms with van der Waals surface area (Å²) < 4.78 is 40.2.